The Morgan fingerprint density at radius 3 is 2.62 bits per heavy atom. The van der Waals surface area contributed by atoms with Crippen LogP contribution in [0.5, 0.6) is 5.75 Å². The van der Waals surface area contributed by atoms with Crippen molar-refractivity contribution in [2.45, 2.75) is 13.8 Å². The fourth-order valence-corrected chi connectivity index (χ4v) is 2.89. The molecule has 6 nitrogen and oxygen atoms in total. The quantitative estimate of drug-likeness (QED) is 0.846. The number of rotatable bonds is 4. The second kappa shape index (κ2) is 7.87. The largest absolute Gasteiger partial charge is 0.484 e. The van der Waals surface area contributed by atoms with Crippen LogP contribution < -0.4 is 9.64 Å². The van der Waals surface area contributed by atoms with Crippen LogP contribution in [0.15, 0.2) is 36.5 Å². The third kappa shape index (κ3) is 4.12. The van der Waals surface area contributed by atoms with Crippen LogP contribution >= 0.6 is 0 Å². The summed E-state index contributed by atoms with van der Waals surface area (Å²) in [5.41, 5.74) is 2.94. The topological polar surface area (TPSA) is 69.5 Å². The Bertz CT molecular complexity index is 836. The van der Waals surface area contributed by atoms with Crippen LogP contribution in [0, 0.1) is 25.2 Å². The molecule has 0 atom stereocenters. The van der Waals surface area contributed by atoms with Gasteiger partial charge in [0.05, 0.1) is 11.6 Å². The summed E-state index contributed by atoms with van der Waals surface area (Å²) in [6, 6.07) is 11.4. The molecule has 0 unspecified atom stereocenters. The molecule has 1 aromatic heterocycles. The van der Waals surface area contributed by atoms with Crippen LogP contribution in [-0.2, 0) is 4.79 Å². The van der Waals surface area contributed by atoms with Gasteiger partial charge in [0.2, 0.25) is 0 Å². The van der Waals surface area contributed by atoms with Gasteiger partial charge in [-0.2, -0.15) is 5.26 Å². The van der Waals surface area contributed by atoms with E-state index in [-0.39, 0.29) is 12.5 Å². The van der Waals surface area contributed by atoms with Gasteiger partial charge in [-0.05, 0) is 49.2 Å². The van der Waals surface area contributed by atoms with Crippen molar-refractivity contribution in [3.8, 4) is 11.8 Å². The lowest BCUT2D eigenvalue weighted by Crippen LogP contribution is -2.50. The van der Waals surface area contributed by atoms with E-state index in [0.717, 1.165) is 17.1 Å². The molecule has 1 saturated heterocycles. The number of nitrogens with zero attached hydrogens (tertiary/aromatic N) is 4. The van der Waals surface area contributed by atoms with E-state index in [9.17, 15) is 4.79 Å². The molecule has 3 rings (SSSR count). The molecule has 1 aliphatic rings. The fraction of sp³-hybridized carbons (Fsp3) is 0.350. The number of nitriles is 1. The van der Waals surface area contributed by atoms with E-state index in [1.54, 1.807) is 18.3 Å². The number of aromatic nitrogens is 1. The summed E-state index contributed by atoms with van der Waals surface area (Å²) < 4.78 is 5.65. The van der Waals surface area contributed by atoms with Crippen molar-refractivity contribution >= 4 is 11.7 Å². The third-order valence-electron chi connectivity index (χ3n) is 4.67. The molecule has 1 fully saturated rings. The van der Waals surface area contributed by atoms with E-state index in [1.807, 2.05) is 36.9 Å². The predicted octanol–water partition coefficient (Wildman–Crippen LogP) is 2.30. The van der Waals surface area contributed by atoms with Crippen molar-refractivity contribution in [1.82, 2.24) is 9.88 Å². The Labute approximate surface area is 153 Å². The fourth-order valence-electron chi connectivity index (χ4n) is 2.89. The lowest BCUT2D eigenvalue weighted by atomic mass is 10.1. The SMILES string of the molecule is Cc1ccc(OCC(=O)N2CCN(c3cc(C#N)ccn3)CC2)cc1C. The second-order valence-corrected chi connectivity index (χ2v) is 6.42. The average Bonchev–Trinajstić information content (AvgIpc) is 2.69. The highest BCUT2D eigenvalue weighted by atomic mass is 16.5. The van der Waals surface area contributed by atoms with Gasteiger partial charge in [0.25, 0.3) is 5.91 Å². The van der Waals surface area contributed by atoms with Gasteiger partial charge in [-0.1, -0.05) is 6.07 Å². The van der Waals surface area contributed by atoms with E-state index in [4.69, 9.17) is 10.00 Å². The van der Waals surface area contributed by atoms with Gasteiger partial charge in [-0.3, -0.25) is 4.79 Å². The van der Waals surface area contributed by atoms with Gasteiger partial charge in [-0.15, -0.1) is 0 Å². The normalized spacial score (nSPS) is 14.0. The zero-order chi connectivity index (χ0) is 18.5. The van der Waals surface area contributed by atoms with Crippen molar-refractivity contribution in [1.29, 1.82) is 5.26 Å². The standard InChI is InChI=1S/C20H22N4O2/c1-15-3-4-18(11-16(15)2)26-14-20(25)24-9-7-23(8-10-24)19-12-17(13-21)5-6-22-19/h3-6,11-12H,7-10,14H2,1-2H3. The maximum Gasteiger partial charge on any atom is 0.260 e. The van der Waals surface area contributed by atoms with Gasteiger partial charge in [-0.25, -0.2) is 4.98 Å². The van der Waals surface area contributed by atoms with Gasteiger partial charge in [0.1, 0.15) is 11.6 Å². The van der Waals surface area contributed by atoms with Crippen LogP contribution in [0.25, 0.3) is 0 Å². The molecule has 0 saturated carbocycles. The van der Waals surface area contributed by atoms with E-state index in [0.29, 0.717) is 31.7 Å². The molecule has 1 aliphatic heterocycles. The molecule has 1 amide bonds. The smallest absolute Gasteiger partial charge is 0.260 e. The van der Waals surface area contributed by atoms with Crippen molar-refractivity contribution < 1.29 is 9.53 Å². The van der Waals surface area contributed by atoms with Crippen molar-refractivity contribution in [3.63, 3.8) is 0 Å². The monoisotopic (exact) mass is 350 g/mol. The van der Waals surface area contributed by atoms with Crippen LogP contribution in [0.1, 0.15) is 16.7 Å². The minimum atomic E-state index is -0.0124. The first-order chi connectivity index (χ1) is 12.6. The number of carbonyl (C=O) groups excluding carboxylic acids is 1. The molecule has 1 aromatic carbocycles. The molecule has 2 aromatic rings. The Kier molecular flexibility index (Phi) is 5.37. The summed E-state index contributed by atoms with van der Waals surface area (Å²) in [5.74, 6) is 1.49. The molecule has 0 bridgehead atoms. The number of anilines is 1. The van der Waals surface area contributed by atoms with Crippen LogP contribution in [0.3, 0.4) is 0 Å². The van der Waals surface area contributed by atoms with Gasteiger partial charge >= 0.3 is 0 Å². The first kappa shape index (κ1) is 17.7. The summed E-state index contributed by atoms with van der Waals surface area (Å²) in [6.45, 7) is 6.74. The number of hydrogen-bond acceptors (Lipinski definition) is 5. The number of pyridine rings is 1. The van der Waals surface area contributed by atoms with Gasteiger partial charge < -0.3 is 14.5 Å². The molecular weight excluding hydrogens is 328 g/mol. The Balaban J connectivity index is 1.51. The molecule has 0 aliphatic carbocycles. The maximum absolute atomic E-state index is 12.4. The lowest BCUT2D eigenvalue weighted by molar-refractivity contribution is -0.133. The number of hydrogen-bond donors (Lipinski definition) is 0. The maximum atomic E-state index is 12.4. The first-order valence-electron chi connectivity index (χ1n) is 8.66. The van der Waals surface area contributed by atoms with Crippen molar-refractivity contribution in [2.24, 2.45) is 0 Å². The minimum absolute atomic E-state index is 0.0124. The summed E-state index contributed by atoms with van der Waals surface area (Å²) in [7, 11) is 0. The number of amides is 1. The van der Waals surface area contributed by atoms with Crippen LogP contribution in [0.2, 0.25) is 0 Å². The van der Waals surface area contributed by atoms with Crippen molar-refractivity contribution in [3.05, 3.63) is 53.2 Å². The molecule has 0 spiro atoms. The molecule has 134 valence electrons. The van der Waals surface area contributed by atoms with Crippen LogP contribution in [0.4, 0.5) is 5.82 Å². The molecular formula is C20H22N4O2. The molecule has 2 heterocycles. The Morgan fingerprint density at radius 1 is 1.15 bits per heavy atom. The van der Waals surface area contributed by atoms with E-state index in [2.05, 4.69) is 16.0 Å². The number of benzene rings is 1. The number of piperazine rings is 1. The average molecular weight is 350 g/mol. The highest BCUT2D eigenvalue weighted by molar-refractivity contribution is 5.78. The van der Waals surface area contributed by atoms with E-state index < -0.39 is 0 Å². The summed E-state index contributed by atoms with van der Waals surface area (Å²) in [5, 5.41) is 9.00. The zero-order valence-electron chi connectivity index (χ0n) is 15.1. The number of carbonyl (C=O) groups is 1. The lowest BCUT2D eigenvalue weighted by Gasteiger charge is -2.35. The highest BCUT2D eigenvalue weighted by Gasteiger charge is 2.22. The predicted molar refractivity (Wildman–Crippen MR) is 99.2 cm³/mol. The molecule has 6 heteroatoms. The Hall–Kier alpha value is -3.07. The van der Waals surface area contributed by atoms with E-state index in [1.165, 1.54) is 5.56 Å². The minimum Gasteiger partial charge on any atom is -0.484 e. The molecule has 0 N–H and O–H groups in total. The zero-order valence-corrected chi connectivity index (χ0v) is 15.1. The second-order valence-electron chi connectivity index (χ2n) is 6.42. The Morgan fingerprint density at radius 2 is 1.92 bits per heavy atom. The van der Waals surface area contributed by atoms with Gasteiger partial charge in [0.15, 0.2) is 6.61 Å². The number of ether oxygens (including phenoxy) is 1. The summed E-state index contributed by atoms with van der Waals surface area (Å²) in [6.07, 6.45) is 1.64. The van der Waals surface area contributed by atoms with E-state index >= 15 is 0 Å². The van der Waals surface area contributed by atoms with Crippen LogP contribution in [-0.4, -0.2) is 48.6 Å². The third-order valence-corrected chi connectivity index (χ3v) is 4.67. The number of aryl methyl sites for hydroxylation is 2. The first-order valence-corrected chi connectivity index (χ1v) is 8.66. The van der Waals surface area contributed by atoms with Crippen molar-refractivity contribution in [2.75, 3.05) is 37.7 Å². The highest BCUT2D eigenvalue weighted by Crippen LogP contribution is 2.17. The van der Waals surface area contributed by atoms with Gasteiger partial charge in [0, 0.05) is 32.4 Å². The summed E-state index contributed by atoms with van der Waals surface area (Å²) >= 11 is 0. The molecule has 0 radical (unpaired) electrons. The summed E-state index contributed by atoms with van der Waals surface area (Å²) in [4.78, 5) is 20.6. The molecule has 26 heavy (non-hydrogen) atoms.